The first-order valence-electron chi connectivity index (χ1n) is 23.6. The summed E-state index contributed by atoms with van der Waals surface area (Å²) in [5, 5.41) is 4.71. The molecule has 0 saturated heterocycles. The lowest BCUT2D eigenvalue weighted by Gasteiger charge is -2.27. The van der Waals surface area contributed by atoms with Crippen LogP contribution < -0.4 is 4.90 Å². The molecule has 0 aliphatic heterocycles. The van der Waals surface area contributed by atoms with Crippen LogP contribution in [0.2, 0.25) is 0 Å². The van der Waals surface area contributed by atoms with Crippen LogP contribution >= 0.6 is 0 Å². The minimum Gasteiger partial charge on any atom is -0.455 e. The minimum atomic E-state index is 0.890. The summed E-state index contributed by atoms with van der Waals surface area (Å²) in [5.41, 5.74) is 19.9. The topological polar surface area (TPSA) is 21.3 Å². The Hall–Kier alpha value is -9.18. The molecule has 13 aromatic rings. The molecule has 324 valence electrons. The van der Waals surface area contributed by atoms with Crippen LogP contribution in [0.4, 0.5) is 17.1 Å². The minimum absolute atomic E-state index is 0.890. The average molecular weight is 881 g/mol. The van der Waals surface area contributed by atoms with Crippen molar-refractivity contribution < 1.29 is 4.42 Å². The molecule has 0 unspecified atom stereocenters. The largest absolute Gasteiger partial charge is 0.455 e. The van der Waals surface area contributed by atoms with E-state index >= 15 is 0 Å². The number of fused-ring (bicyclic) bond motifs is 6. The Morgan fingerprint density at radius 2 is 0.754 bits per heavy atom. The van der Waals surface area contributed by atoms with Gasteiger partial charge in [0.1, 0.15) is 11.2 Å². The highest BCUT2D eigenvalue weighted by atomic mass is 16.3. The normalized spacial score (nSPS) is 11.5. The van der Waals surface area contributed by atoms with Gasteiger partial charge in [0.05, 0.1) is 16.7 Å². The third-order valence-corrected chi connectivity index (χ3v) is 13.6. The first kappa shape index (κ1) is 40.1. The number of para-hydroxylation sites is 4. The van der Waals surface area contributed by atoms with E-state index < -0.39 is 0 Å². The molecular formula is C66H44N2O. The van der Waals surface area contributed by atoms with Crippen LogP contribution in [0.1, 0.15) is 0 Å². The molecule has 11 aromatic carbocycles. The average Bonchev–Trinajstić information content (AvgIpc) is 3.98. The van der Waals surface area contributed by atoms with Crippen LogP contribution in [0, 0.1) is 0 Å². The summed E-state index contributed by atoms with van der Waals surface area (Å²) in [6, 6.07) is 96.1. The molecule has 3 nitrogen and oxygen atoms in total. The van der Waals surface area contributed by atoms with Gasteiger partial charge in [0.25, 0.3) is 0 Å². The van der Waals surface area contributed by atoms with E-state index in [9.17, 15) is 0 Å². The quantitative estimate of drug-likeness (QED) is 0.144. The Morgan fingerprint density at radius 3 is 1.43 bits per heavy atom. The van der Waals surface area contributed by atoms with Crippen LogP contribution in [0.15, 0.2) is 271 Å². The van der Waals surface area contributed by atoms with Crippen LogP contribution in [-0.4, -0.2) is 4.57 Å². The van der Waals surface area contributed by atoms with Crippen LogP contribution in [0.3, 0.4) is 0 Å². The first-order valence-corrected chi connectivity index (χ1v) is 23.6. The van der Waals surface area contributed by atoms with Crippen molar-refractivity contribution in [1.29, 1.82) is 0 Å². The zero-order chi connectivity index (χ0) is 45.7. The standard InChI is InChI=1S/C66H44N2O/c1-3-18-45(19-4-1)48-38-41-56(64(44-48)68-62-33-12-9-28-58(62)59-29-10-13-34-63(59)68)47-36-39-51(40-37-47)67(52-24-15-22-49(42-52)55-27-8-7-26-54(55)46-20-5-2-6-21-46)53-25-16-23-50(43-53)57-31-17-32-61-60-30-11-14-35-65(60)69-66(57)61/h1-44H. The maximum absolute atomic E-state index is 6.58. The van der Waals surface area contributed by atoms with Gasteiger partial charge in [-0.3, -0.25) is 0 Å². The molecule has 2 aromatic heterocycles. The SMILES string of the molecule is c1ccc(-c2ccc(-c3ccc(N(c4cccc(-c5ccccc5-c5ccccc5)c4)c4cccc(-c5cccc6c5oc5ccccc56)c4)cc3)c(-n3c4ccccc4c4ccccc43)c2)cc1. The molecule has 0 bridgehead atoms. The molecule has 0 N–H and O–H groups in total. The molecule has 69 heavy (non-hydrogen) atoms. The van der Waals surface area contributed by atoms with Crippen LogP contribution in [-0.2, 0) is 0 Å². The predicted molar refractivity (Wildman–Crippen MR) is 290 cm³/mol. The van der Waals surface area contributed by atoms with Gasteiger partial charge in [-0.2, -0.15) is 0 Å². The van der Waals surface area contributed by atoms with Gasteiger partial charge in [-0.25, -0.2) is 0 Å². The van der Waals surface area contributed by atoms with Crippen LogP contribution in [0.25, 0.3) is 105 Å². The van der Waals surface area contributed by atoms with E-state index in [-0.39, 0.29) is 0 Å². The van der Waals surface area contributed by atoms with E-state index in [2.05, 4.69) is 264 Å². The number of rotatable bonds is 9. The number of benzene rings is 11. The Kier molecular flexibility index (Phi) is 9.84. The maximum atomic E-state index is 6.58. The summed E-state index contributed by atoms with van der Waals surface area (Å²) < 4.78 is 9.02. The second-order valence-corrected chi connectivity index (χ2v) is 17.6. The molecule has 0 spiro atoms. The maximum Gasteiger partial charge on any atom is 0.143 e. The zero-order valence-corrected chi connectivity index (χ0v) is 37.7. The summed E-state index contributed by atoms with van der Waals surface area (Å²) in [4.78, 5) is 2.38. The number of aromatic nitrogens is 1. The Bertz CT molecular complexity index is 3960. The molecular weight excluding hydrogens is 837 g/mol. The van der Waals surface area contributed by atoms with Gasteiger partial charge in [0.15, 0.2) is 0 Å². The Morgan fingerprint density at radius 1 is 0.275 bits per heavy atom. The second kappa shape index (κ2) is 16.9. The number of hydrogen-bond acceptors (Lipinski definition) is 2. The predicted octanol–water partition coefficient (Wildman–Crippen LogP) is 18.5. The van der Waals surface area contributed by atoms with Gasteiger partial charge in [0, 0.05) is 49.7 Å². The van der Waals surface area contributed by atoms with Crippen molar-refractivity contribution >= 4 is 60.8 Å². The number of anilines is 3. The zero-order valence-electron chi connectivity index (χ0n) is 37.7. The van der Waals surface area contributed by atoms with Crippen LogP contribution in [0.5, 0.6) is 0 Å². The molecule has 0 atom stereocenters. The van der Waals surface area contributed by atoms with Gasteiger partial charge in [-0.15, -0.1) is 0 Å². The van der Waals surface area contributed by atoms with Crippen molar-refractivity contribution in [3.63, 3.8) is 0 Å². The summed E-state index contributed by atoms with van der Waals surface area (Å²) >= 11 is 0. The highest BCUT2D eigenvalue weighted by Crippen LogP contribution is 2.44. The lowest BCUT2D eigenvalue weighted by molar-refractivity contribution is 0.670. The highest BCUT2D eigenvalue weighted by molar-refractivity contribution is 6.11. The molecule has 0 aliphatic rings. The number of nitrogens with zero attached hydrogens (tertiary/aromatic N) is 2. The molecule has 0 saturated carbocycles. The summed E-state index contributed by atoms with van der Waals surface area (Å²) in [5.74, 6) is 0. The van der Waals surface area contributed by atoms with Crippen molar-refractivity contribution in [2.45, 2.75) is 0 Å². The van der Waals surface area contributed by atoms with Gasteiger partial charge in [-0.1, -0.05) is 206 Å². The molecule has 13 rings (SSSR count). The van der Waals surface area contributed by atoms with Crippen molar-refractivity contribution in [3.05, 3.63) is 267 Å². The van der Waals surface area contributed by atoms with Crippen molar-refractivity contribution in [2.24, 2.45) is 0 Å². The number of hydrogen-bond donors (Lipinski definition) is 0. The highest BCUT2D eigenvalue weighted by Gasteiger charge is 2.20. The summed E-state index contributed by atoms with van der Waals surface area (Å²) in [7, 11) is 0. The van der Waals surface area contributed by atoms with Crippen molar-refractivity contribution in [2.75, 3.05) is 4.90 Å². The van der Waals surface area contributed by atoms with E-state index in [4.69, 9.17) is 4.42 Å². The van der Waals surface area contributed by atoms with E-state index in [1.54, 1.807) is 0 Å². The lowest BCUT2D eigenvalue weighted by Crippen LogP contribution is -2.10. The fourth-order valence-corrected chi connectivity index (χ4v) is 10.4. The van der Waals surface area contributed by atoms with Gasteiger partial charge in [0.2, 0.25) is 0 Å². The monoisotopic (exact) mass is 880 g/mol. The number of furan rings is 1. The second-order valence-electron chi connectivity index (χ2n) is 17.6. The van der Waals surface area contributed by atoms with Gasteiger partial charge < -0.3 is 13.9 Å². The van der Waals surface area contributed by atoms with E-state index in [1.165, 1.54) is 49.6 Å². The molecule has 0 radical (unpaired) electrons. The fourth-order valence-electron chi connectivity index (χ4n) is 10.4. The third kappa shape index (κ3) is 7.08. The smallest absolute Gasteiger partial charge is 0.143 e. The Labute approximate surface area is 401 Å². The van der Waals surface area contributed by atoms with E-state index in [0.717, 1.165) is 72.5 Å². The lowest BCUT2D eigenvalue weighted by atomic mass is 9.94. The van der Waals surface area contributed by atoms with E-state index in [1.807, 2.05) is 12.1 Å². The molecule has 3 heteroatoms. The molecule has 0 amide bonds. The molecule has 2 heterocycles. The third-order valence-electron chi connectivity index (χ3n) is 13.6. The van der Waals surface area contributed by atoms with Crippen molar-refractivity contribution in [3.8, 4) is 61.3 Å². The van der Waals surface area contributed by atoms with Gasteiger partial charge >= 0.3 is 0 Å². The fraction of sp³-hybridized carbons (Fsp3) is 0. The molecule has 0 fully saturated rings. The molecule has 0 aliphatic carbocycles. The Balaban J connectivity index is 0.977. The van der Waals surface area contributed by atoms with Gasteiger partial charge in [-0.05, 0) is 105 Å². The summed E-state index contributed by atoms with van der Waals surface area (Å²) in [6.45, 7) is 0. The van der Waals surface area contributed by atoms with Crippen molar-refractivity contribution in [1.82, 2.24) is 4.57 Å². The first-order chi connectivity index (χ1) is 34.2. The summed E-state index contributed by atoms with van der Waals surface area (Å²) in [6.07, 6.45) is 0. The van der Waals surface area contributed by atoms with E-state index in [0.29, 0.717) is 0 Å².